The van der Waals surface area contributed by atoms with Gasteiger partial charge in [0, 0.05) is 11.9 Å². The van der Waals surface area contributed by atoms with E-state index >= 15 is 0 Å². The maximum absolute atomic E-state index is 5.77. The van der Waals surface area contributed by atoms with Crippen LogP contribution in [0.25, 0.3) is 33.5 Å². The van der Waals surface area contributed by atoms with Crippen LogP contribution in [0.15, 0.2) is 54.6 Å². The van der Waals surface area contributed by atoms with Crippen LogP contribution in [-0.4, -0.2) is 15.0 Å². The fraction of sp³-hybridized carbons (Fsp3) is 0.0588. The zero-order chi connectivity index (χ0) is 14.2. The minimum absolute atomic E-state index is 0.479. The summed E-state index contributed by atoms with van der Waals surface area (Å²) in [6.07, 6.45) is 0. The number of H-pyrrole nitrogens is 1. The van der Waals surface area contributed by atoms with E-state index in [-0.39, 0.29) is 0 Å². The first-order valence-electron chi connectivity index (χ1n) is 6.89. The topological polar surface area (TPSA) is 67.6 Å². The highest BCUT2D eigenvalue weighted by atomic mass is 15.0. The fourth-order valence-electron chi connectivity index (χ4n) is 2.58. The molecule has 0 spiro atoms. The third-order valence-corrected chi connectivity index (χ3v) is 3.66. The number of para-hydroxylation sites is 2. The number of nitrogens with one attached hydrogen (secondary N) is 1. The van der Waals surface area contributed by atoms with E-state index in [0.717, 1.165) is 39.0 Å². The van der Waals surface area contributed by atoms with Gasteiger partial charge in [-0.05, 0) is 23.8 Å². The molecule has 0 aliphatic rings. The van der Waals surface area contributed by atoms with Gasteiger partial charge in [-0.2, -0.15) is 0 Å². The molecule has 2 aromatic heterocycles. The molecular formula is C17H14N4. The smallest absolute Gasteiger partial charge is 0.157 e. The Morgan fingerprint density at radius 1 is 0.905 bits per heavy atom. The Bertz CT molecular complexity index is 940. The number of nitrogens with two attached hydrogens (primary N) is 1. The largest absolute Gasteiger partial charge is 0.337 e. The van der Waals surface area contributed by atoms with Crippen molar-refractivity contribution in [2.45, 2.75) is 6.54 Å². The van der Waals surface area contributed by atoms with Crippen molar-refractivity contribution < 1.29 is 0 Å². The van der Waals surface area contributed by atoms with Gasteiger partial charge in [0.1, 0.15) is 5.69 Å². The first kappa shape index (κ1) is 12.1. The van der Waals surface area contributed by atoms with Gasteiger partial charge in [0.2, 0.25) is 0 Å². The Morgan fingerprint density at radius 2 is 1.81 bits per heavy atom. The van der Waals surface area contributed by atoms with E-state index in [4.69, 9.17) is 5.73 Å². The number of pyridine rings is 1. The van der Waals surface area contributed by atoms with Gasteiger partial charge in [-0.25, -0.2) is 9.97 Å². The highest BCUT2D eigenvalue weighted by Gasteiger charge is 2.09. The van der Waals surface area contributed by atoms with Crippen LogP contribution in [0.2, 0.25) is 0 Å². The second-order valence-electron chi connectivity index (χ2n) is 4.99. The van der Waals surface area contributed by atoms with Crippen molar-refractivity contribution in [2.24, 2.45) is 5.73 Å². The Morgan fingerprint density at radius 3 is 2.71 bits per heavy atom. The lowest BCUT2D eigenvalue weighted by molar-refractivity contribution is 1.08. The summed E-state index contributed by atoms with van der Waals surface area (Å²) in [6, 6.07) is 18.1. The quantitative estimate of drug-likeness (QED) is 0.589. The van der Waals surface area contributed by atoms with Crippen LogP contribution in [0.4, 0.5) is 0 Å². The first-order chi connectivity index (χ1) is 10.3. The van der Waals surface area contributed by atoms with Crippen LogP contribution in [0, 0.1) is 0 Å². The standard InChI is InChI=1S/C17H14N4/c18-10-12-5-3-7-14-16(12)21-17(20-14)15-9-8-11-4-1-2-6-13(11)19-15/h1-9H,10,18H2,(H,20,21). The minimum Gasteiger partial charge on any atom is -0.337 e. The molecule has 0 unspecified atom stereocenters. The predicted molar refractivity (Wildman–Crippen MR) is 84.7 cm³/mol. The Labute approximate surface area is 121 Å². The first-order valence-corrected chi connectivity index (χ1v) is 6.89. The molecule has 2 heterocycles. The Hall–Kier alpha value is -2.72. The van der Waals surface area contributed by atoms with Crippen LogP contribution in [-0.2, 0) is 6.54 Å². The van der Waals surface area contributed by atoms with Crippen molar-refractivity contribution in [1.82, 2.24) is 15.0 Å². The van der Waals surface area contributed by atoms with Gasteiger partial charge in [0.05, 0.1) is 16.6 Å². The molecule has 0 saturated carbocycles. The summed E-state index contributed by atoms with van der Waals surface area (Å²) >= 11 is 0. The van der Waals surface area contributed by atoms with E-state index in [0.29, 0.717) is 6.54 Å². The van der Waals surface area contributed by atoms with Crippen LogP contribution < -0.4 is 5.73 Å². The van der Waals surface area contributed by atoms with E-state index < -0.39 is 0 Å². The van der Waals surface area contributed by atoms with Crippen LogP contribution >= 0.6 is 0 Å². The number of rotatable bonds is 2. The molecule has 4 rings (SSSR count). The summed E-state index contributed by atoms with van der Waals surface area (Å²) in [7, 11) is 0. The van der Waals surface area contributed by atoms with Crippen molar-refractivity contribution in [2.75, 3.05) is 0 Å². The summed E-state index contributed by atoms with van der Waals surface area (Å²) < 4.78 is 0. The number of aromatic amines is 1. The summed E-state index contributed by atoms with van der Waals surface area (Å²) in [5, 5.41) is 1.13. The maximum Gasteiger partial charge on any atom is 0.157 e. The zero-order valence-corrected chi connectivity index (χ0v) is 11.4. The molecule has 3 N–H and O–H groups in total. The van der Waals surface area contributed by atoms with Crippen molar-refractivity contribution in [1.29, 1.82) is 0 Å². The normalized spacial score (nSPS) is 11.3. The van der Waals surface area contributed by atoms with Gasteiger partial charge in [-0.1, -0.05) is 36.4 Å². The van der Waals surface area contributed by atoms with Crippen molar-refractivity contribution in [3.63, 3.8) is 0 Å². The SMILES string of the molecule is NCc1cccc2[nH]c(-c3ccc4ccccc4n3)nc12. The van der Waals surface area contributed by atoms with E-state index in [1.54, 1.807) is 0 Å². The molecule has 21 heavy (non-hydrogen) atoms. The minimum atomic E-state index is 0.479. The molecular weight excluding hydrogens is 260 g/mol. The molecule has 0 radical (unpaired) electrons. The second-order valence-corrected chi connectivity index (χ2v) is 4.99. The van der Waals surface area contributed by atoms with Gasteiger partial charge >= 0.3 is 0 Å². The Kier molecular flexibility index (Phi) is 2.69. The summed E-state index contributed by atoms with van der Waals surface area (Å²) in [5.74, 6) is 0.775. The van der Waals surface area contributed by atoms with Crippen molar-refractivity contribution in [3.8, 4) is 11.5 Å². The average Bonchev–Trinajstić information content (AvgIpc) is 2.98. The van der Waals surface area contributed by atoms with Gasteiger partial charge in [0.15, 0.2) is 5.82 Å². The van der Waals surface area contributed by atoms with Crippen molar-refractivity contribution in [3.05, 3.63) is 60.2 Å². The molecule has 0 fully saturated rings. The number of hydrogen-bond acceptors (Lipinski definition) is 3. The van der Waals surface area contributed by atoms with E-state index in [1.807, 2.05) is 42.5 Å². The predicted octanol–water partition coefficient (Wildman–Crippen LogP) is 3.24. The van der Waals surface area contributed by atoms with Crippen LogP contribution in [0.3, 0.4) is 0 Å². The molecule has 0 saturated heterocycles. The molecule has 102 valence electrons. The summed E-state index contributed by atoms with van der Waals surface area (Å²) in [6.45, 7) is 0.479. The molecule has 4 heteroatoms. The summed E-state index contributed by atoms with van der Waals surface area (Å²) in [4.78, 5) is 12.7. The zero-order valence-electron chi connectivity index (χ0n) is 11.4. The number of aromatic nitrogens is 3. The molecule has 0 amide bonds. The van der Waals surface area contributed by atoms with E-state index in [2.05, 4.69) is 27.1 Å². The van der Waals surface area contributed by atoms with Crippen LogP contribution in [0.5, 0.6) is 0 Å². The third kappa shape index (κ3) is 1.97. The highest BCUT2D eigenvalue weighted by molar-refractivity contribution is 5.84. The fourth-order valence-corrected chi connectivity index (χ4v) is 2.58. The van der Waals surface area contributed by atoms with Gasteiger partial charge in [-0.3, -0.25) is 0 Å². The van der Waals surface area contributed by atoms with E-state index in [9.17, 15) is 0 Å². The molecule has 4 nitrogen and oxygen atoms in total. The lowest BCUT2D eigenvalue weighted by Gasteiger charge is -1.99. The van der Waals surface area contributed by atoms with Gasteiger partial charge in [0.25, 0.3) is 0 Å². The molecule has 0 aliphatic carbocycles. The molecule has 4 aromatic rings. The molecule has 2 aromatic carbocycles. The summed E-state index contributed by atoms with van der Waals surface area (Å²) in [5.41, 5.74) is 10.5. The van der Waals surface area contributed by atoms with Gasteiger partial charge in [-0.15, -0.1) is 0 Å². The third-order valence-electron chi connectivity index (χ3n) is 3.66. The van der Waals surface area contributed by atoms with Crippen LogP contribution in [0.1, 0.15) is 5.56 Å². The number of imidazole rings is 1. The molecule has 0 atom stereocenters. The van der Waals surface area contributed by atoms with Gasteiger partial charge < -0.3 is 10.7 Å². The maximum atomic E-state index is 5.77. The molecule has 0 aliphatic heterocycles. The second kappa shape index (κ2) is 4.68. The van der Waals surface area contributed by atoms with Crippen molar-refractivity contribution >= 4 is 21.9 Å². The van der Waals surface area contributed by atoms with E-state index in [1.165, 1.54) is 0 Å². The number of fused-ring (bicyclic) bond motifs is 2. The monoisotopic (exact) mass is 274 g/mol. The molecule has 0 bridgehead atoms. The number of benzene rings is 2. The Balaban J connectivity index is 1.91. The number of hydrogen-bond donors (Lipinski definition) is 2. The number of nitrogens with zero attached hydrogens (tertiary/aromatic N) is 2. The average molecular weight is 274 g/mol. The lowest BCUT2D eigenvalue weighted by atomic mass is 10.2. The lowest BCUT2D eigenvalue weighted by Crippen LogP contribution is -1.96. The highest BCUT2D eigenvalue weighted by Crippen LogP contribution is 2.23.